The van der Waals surface area contributed by atoms with Crippen molar-refractivity contribution in [2.45, 2.75) is 6.82 Å². The maximum atomic E-state index is 8.33. The van der Waals surface area contributed by atoms with E-state index in [4.69, 9.17) is 5.02 Å². The summed E-state index contributed by atoms with van der Waals surface area (Å²) >= 11 is 0. The quantitative estimate of drug-likeness (QED) is 0.423. The van der Waals surface area contributed by atoms with Crippen molar-refractivity contribution >= 4 is 15.0 Å². The fourth-order valence-corrected chi connectivity index (χ4v) is 0.241. The van der Waals surface area contributed by atoms with Crippen LogP contribution in [-0.4, -0.2) is 26.5 Å². The van der Waals surface area contributed by atoms with Crippen LogP contribution in [0.1, 0.15) is 0 Å². The zero-order valence-corrected chi connectivity index (χ0v) is 4.14. The van der Waals surface area contributed by atoms with Gasteiger partial charge >= 0.3 is 7.12 Å². The molecule has 0 amide bonds. The maximum Gasteiger partial charge on any atom is 0.450 e. The topological polar surface area (TPSA) is 29.5 Å². The van der Waals surface area contributed by atoms with Crippen molar-refractivity contribution in [3.05, 3.63) is 0 Å². The molecule has 0 fully saturated rings. The molecule has 0 spiro atoms. The van der Waals surface area contributed by atoms with Crippen molar-refractivity contribution in [2.24, 2.45) is 0 Å². The molecule has 1 N–H and O–H groups in total. The van der Waals surface area contributed by atoms with Crippen LogP contribution in [-0.2, 0) is 4.65 Å². The lowest BCUT2D eigenvalue weighted by Crippen LogP contribution is -2.12. The van der Waals surface area contributed by atoms with E-state index >= 15 is 0 Å². The molecule has 0 aromatic heterocycles. The molecule has 0 aliphatic rings. The summed E-state index contributed by atoms with van der Waals surface area (Å²) in [7, 11) is 1.24. The van der Waals surface area contributed by atoms with Gasteiger partial charge in [-0.15, -0.1) is 0 Å². The summed E-state index contributed by atoms with van der Waals surface area (Å²) < 4.78 is 4.60. The molecule has 0 heterocycles. The van der Waals surface area contributed by atoms with Crippen molar-refractivity contribution in [3.8, 4) is 0 Å². The summed E-state index contributed by atoms with van der Waals surface area (Å²) in [4.78, 5) is 0. The van der Waals surface area contributed by atoms with Gasteiger partial charge in [-0.25, -0.2) is 0 Å². The first-order chi connectivity index (χ1) is 2.77. The highest BCUT2D eigenvalue weighted by Gasteiger charge is 1.97. The predicted octanol–water partition coefficient (Wildman–Crippen LogP) is -1.30. The Morgan fingerprint density at radius 2 is 2.50 bits per heavy atom. The van der Waals surface area contributed by atoms with Crippen LogP contribution in [0.4, 0.5) is 0 Å². The van der Waals surface area contributed by atoms with Crippen LogP contribution in [0.15, 0.2) is 0 Å². The van der Waals surface area contributed by atoms with E-state index in [9.17, 15) is 0 Å². The minimum absolute atomic E-state index is 0.581. The Labute approximate surface area is 39.1 Å². The van der Waals surface area contributed by atoms with Gasteiger partial charge in [-0.3, -0.25) is 0 Å². The lowest BCUT2D eigenvalue weighted by Gasteiger charge is -1.94. The predicted molar refractivity (Wildman–Crippen MR) is 28.3 cm³/mol. The standard InChI is InChI=1S/C2H8B2O2/c1-4(5)6-2-3/h5H,2-3H2,1H3. The largest absolute Gasteiger partial charge is 0.450 e. The average molecular weight is 85.7 g/mol. The third-order valence-corrected chi connectivity index (χ3v) is 0.408. The van der Waals surface area contributed by atoms with Crippen LogP contribution < -0.4 is 0 Å². The van der Waals surface area contributed by atoms with Gasteiger partial charge in [0, 0.05) is 0 Å². The molecule has 2 nitrogen and oxygen atoms in total. The van der Waals surface area contributed by atoms with Gasteiger partial charge in [-0.2, -0.15) is 0 Å². The molecule has 0 saturated carbocycles. The summed E-state index contributed by atoms with van der Waals surface area (Å²) in [6, 6.07) is 0. The normalized spacial score (nSPS) is 8.33. The molecule has 0 rings (SSSR count). The van der Waals surface area contributed by atoms with Gasteiger partial charge in [0.2, 0.25) is 0 Å². The molecule has 6 heavy (non-hydrogen) atoms. The first kappa shape index (κ1) is 6.05. The monoisotopic (exact) mass is 86.1 g/mol. The molecule has 0 aromatic carbocycles. The van der Waals surface area contributed by atoms with Crippen molar-refractivity contribution in [3.63, 3.8) is 0 Å². The molecule has 0 bridgehead atoms. The fourth-order valence-electron chi connectivity index (χ4n) is 0.241. The highest BCUT2D eigenvalue weighted by atomic mass is 16.5. The van der Waals surface area contributed by atoms with E-state index in [0.29, 0.717) is 6.51 Å². The van der Waals surface area contributed by atoms with E-state index in [0.717, 1.165) is 0 Å². The second-order valence-electron chi connectivity index (χ2n) is 1.05. The summed E-state index contributed by atoms with van der Waals surface area (Å²) in [5.41, 5.74) is 0. The molecule has 0 atom stereocenters. The molecule has 0 aromatic rings. The van der Waals surface area contributed by atoms with E-state index in [-0.39, 0.29) is 0 Å². The summed E-state index contributed by atoms with van der Waals surface area (Å²) in [6.45, 7) is 2.17. The first-order valence-electron chi connectivity index (χ1n) is 2.07. The lowest BCUT2D eigenvalue weighted by atomic mass is 9.96. The Hall–Kier alpha value is 0.0499. The first-order valence-corrected chi connectivity index (χ1v) is 2.07. The third-order valence-electron chi connectivity index (χ3n) is 0.408. The van der Waals surface area contributed by atoms with Crippen molar-refractivity contribution in [1.29, 1.82) is 0 Å². The Balaban J connectivity index is 2.63. The van der Waals surface area contributed by atoms with Crippen LogP contribution in [0.5, 0.6) is 0 Å². The van der Waals surface area contributed by atoms with Crippen molar-refractivity contribution < 1.29 is 9.68 Å². The van der Waals surface area contributed by atoms with Crippen LogP contribution in [0.2, 0.25) is 6.82 Å². The number of hydrogen-bond acceptors (Lipinski definition) is 2. The fraction of sp³-hybridized carbons (Fsp3) is 1.00. The molecule has 0 aliphatic heterocycles. The van der Waals surface area contributed by atoms with Crippen molar-refractivity contribution in [1.82, 2.24) is 0 Å². The van der Waals surface area contributed by atoms with Crippen LogP contribution in [0.3, 0.4) is 0 Å². The Bertz CT molecular complexity index is 30.7. The Morgan fingerprint density at radius 1 is 2.00 bits per heavy atom. The molecule has 0 saturated heterocycles. The zero-order valence-electron chi connectivity index (χ0n) is 4.14. The van der Waals surface area contributed by atoms with E-state index in [2.05, 4.69) is 4.65 Å². The minimum atomic E-state index is -0.602. The minimum Gasteiger partial charge on any atom is -0.427 e. The second kappa shape index (κ2) is 3.25. The highest BCUT2D eigenvalue weighted by Crippen LogP contribution is 1.71. The molecule has 0 unspecified atom stereocenters. The Kier molecular flexibility index (Phi) is 3.27. The molecule has 4 heteroatoms. The smallest absolute Gasteiger partial charge is 0.427 e. The van der Waals surface area contributed by atoms with Gasteiger partial charge in [-0.05, 0) is 13.3 Å². The summed E-state index contributed by atoms with van der Waals surface area (Å²) in [5.74, 6) is 0. The van der Waals surface area contributed by atoms with Gasteiger partial charge in [0.1, 0.15) is 7.85 Å². The van der Waals surface area contributed by atoms with E-state index in [1.54, 1.807) is 6.82 Å². The highest BCUT2D eigenvalue weighted by molar-refractivity contribution is 6.41. The zero-order chi connectivity index (χ0) is 4.99. The van der Waals surface area contributed by atoms with Gasteiger partial charge < -0.3 is 9.68 Å². The lowest BCUT2D eigenvalue weighted by molar-refractivity contribution is 0.315. The molecular formula is C2H8B2O2. The SMILES string of the molecule is BCOB(C)O. The van der Waals surface area contributed by atoms with E-state index in [1.807, 2.05) is 7.85 Å². The summed E-state index contributed by atoms with van der Waals surface area (Å²) in [5, 5.41) is 8.33. The van der Waals surface area contributed by atoms with Gasteiger partial charge in [0.15, 0.2) is 0 Å². The molecule has 0 radical (unpaired) electrons. The van der Waals surface area contributed by atoms with Gasteiger partial charge in [-0.1, -0.05) is 0 Å². The number of hydrogen-bond donors (Lipinski definition) is 1. The number of rotatable bonds is 2. The molecule has 0 aliphatic carbocycles. The average Bonchev–Trinajstić information content (AvgIpc) is 1.35. The van der Waals surface area contributed by atoms with Crippen LogP contribution >= 0.6 is 0 Å². The van der Waals surface area contributed by atoms with Gasteiger partial charge in [0.05, 0.1) is 0 Å². The van der Waals surface area contributed by atoms with Gasteiger partial charge in [0.25, 0.3) is 0 Å². The Morgan fingerprint density at radius 3 is 2.50 bits per heavy atom. The summed E-state index contributed by atoms with van der Waals surface area (Å²) in [6.07, 6.45) is 0. The van der Waals surface area contributed by atoms with E-state index in [1.165, 1.54) is 0 Å². The van der Waals surface area contributed by atoms with Crippen LogP contribution in [0.25, 0.3) is 0 Å². The third kappa shape index (κ3) is 4.05. The second-order valence-corrected chi connectivity index (χ2v) is 1.05. The van der Waals surface area contributed by atoms with Crippen LogP contribution in [0, 0.1) is 0 Å². The van der Waals surface area contributed by atoms with Crippen molar-refractivity contribution in [2.75, 3.05) is 6.51 Å². The maximum absolute atomic E-state index is 8.33. The van der Waals surface area contributed by atoms with E-state index < -0.39 is 7.12 Å². The molecule has 34 valence electrons. The molecular weight excluding hydrogens is 77.6 g/mol.